The molecular weight excluding hydrogens is 224 g/mol. The normalized spacial score (nSPS) is 9.41. The summed E-state index contributed by atoms with van der Waals surface area (Å²) in [6.45, 7) is 0.195. The standard InChI is InChI=1S/C10H10N4O3/c11-4-3-10(15)13-9-2-1-8(14(16)17)5-7(9)6-12/h1-2,5H,3-4,11H2,(H,13,15). The fourth-order valence-electron chi connectivity index (χ4n) is 1.19. The first-order valence-corrected chi connectivity index (χ1v) is 4.77. The van der Waals surface area contributed by atoms with Crippen LogP contribution in [0.3, 0.4) is 0 Å². The van der Waals surface area contributed by atoms with Crippen LogP contribution in [0.15, 0.2) is 18.2 Å². The van der Waals surface area contributed by atoms with E-state index < -0.39 is 4.92 Å². The molecule has 7 heteroatoms. The number of nitrogens with one attached hydrogen (secondary N) is 1. The van der Waals surface area contributed by atoms with Gasteiger partial charge < -0.3 is 11.1 Å². The molecule has 0 saturated carbocycles. The number of carbonyl (C=O) groups is 1. The lowest BCUT2D eigenvalue weighted by molar-refractivity contribution is -0.384. The van der Waals surface area contributed by atoms with Crippen LogP contribution in [0.1, 0.15) is 12.0 Å². The summed E-state index contributed by atoms with van der Waals surface area (Å²) in [5, 5.41) is 21.8. The topological polar surface area (TPSA) is 122 Å². The lowest BCUT2D eigenvalue weighted by Crippen LogP contribution is -2.16. The second-order valence-corrected chi connectivity index (χ2v) is 3.19. The molecule has 7 nitrogen and oxygen atoms in total. The molecule has 88 valence electrons. The van der Waals surface area contributed by atoms with Gasteiger partial charge in [0.2, 0.25) is 5.91 Å². The Kier molecular flexibility index (Phi) is 4.14. The summed E-state index contributed by atoms with van der Waals surface area (Å²) in [4.78, 5) is 21.2. The summed E-state index contributed by atoms with van der Waals surface area (Å²) in [5.74, 6) is -0.335. The molecule has 1 rings (SSSR count). The third-order valence-corrected chi connectivity index (χ3v) is 1.98. The Bertz CT molecular complexity index is 493. The van der Waals surface area contributed by atoms with Crippen LogP contribution in [0.4, 0.5) is 11.4 Å². The zero-order chi connectivity index (χ0) is 12.8. The largest absolute Gasteiger partial charge is 0.330 e. The molecule has 0 spiro atoms. The van der Waals surface area contributed by atoms with Gasteiger partial charge in [0.25, 0.3) is 5.69 Å². The number of amides is 1. The third-order valence-electron chi connectivity index (χ3n) is 1.98. The second kappa shape index (κ2) is 5.58. The maximum atomic E-state index is 11.3. The molecule has 0 radical (unpaired) electrons. The van der Waals surface area contributed by atoms with E-state index in [0.717, 1.165) is 6.07 Å². The van der Waals surface area contributed by atoms with Gasteiger partial charge in [0.15, 0.2) is 0 Å². The van der Waals surface area contributed by atoms with E-state index in [1.165, 1.54) is 12.1 Å². The van der Waals surface area contributed by atoms with Crippen molar-refractivity contribution in [2.75, 3.05) is 11.9 Å². The molecule has 0 heterocycles. The number of rotatable bonds is 4. The van der Waals surface area contributed by atoms with Gasteiger partial charge >= 0.3 is 0 Å². The van der Waals surface area contributed by atoms with Gasteiger partial charge in [0.05, 0.1) is 16.2 Å². The Balaban J connectivity index is 2.98. The predicted molar refractivity (Wildman–Crippen MR) is 60.1 cm³/mol. The van der Waals surface area contributed by atoms with Crippen molar-refractivity contribution in [1.82, 2.24) is 0 Å². The molecule has 0 fully saturated rings. The minimum Gasteiger partial charge on any atom is -0.330 e. The maximum absolute atomic E-state index is 11.3. The molecule has 3 N–H and O–H groups in total. The van der Waals surface area contributed by atoms with Gasteiger partial charge in [0.1, 0.15) is 6.07 Å². The van der Waals surface area contributed by atoms with E-state index in [1.807, 2.05) is 0 Å². The molecule has 1 aromatic rings. The monoisotopic (exact) mass is 234 g/mol. The van der Waals surface area contributed by atoms with Gasteiger partial charge in [-0.3, -0.25) is 14.9 Å². The van der Waals surface area contributed by atoms with E-state index in [9.17, 15) is 14.9 Å². The molecule has 0 aromatic heterocycles. The minimum atomic E-state index is -0.605. The van der Waals surface area contributed by atoms with Crippen molar-refractivity contribution >= 4 is 17.3 Å². The lowest BCUT2D eigenvalue weighted by Gasteiger charge is -2.05. The molecule has 0 atom stereocenters. The summed E-state index contributed by atoms with van der Waals surface area (Å²) in [7, 11) is 0. The van der Waals surface area contributed by atoms with Gasteiger partial charge in [-0.15, -0.1) is 0 Å². The number of benzene rings is 1. The van der Waals surface area contributed by atoms with Crippen LogP contribution in [0, 0.1) is 21.4 Å². The van der Waals surface area contributed by atoms with Crippen LogP contribution < -0.4 is 11.1 Å². The van der Waals surface area contributed by atoms with Gasteiger partial charge in [-0.1, -0.05) is 0 Å². The highest BCUT2D eigenvalue weighted by atomic mass is 16.6. The summed E-state index contributed by atoms with van der Waals surface area (Å²) in [6, 6.07) is 5.44. The van der Waals surface area contributed by atoms with E-state index in [0.29, 0.717) is 0 Å². The van der Waals surface area contributed by atoms with Crippen LogP contribution >= 0.6 is 0 Å². The molecule has 0 bridgehead atoms. The highest BCUT2D eigenvalue weighted by Crippen LogP contribution is 2.21. The number of nitriles is 1. The van der Waals surface area contributed by atoms with Crippen LogP contribution in [0.25, 0.3) is 0 Å². The number of anilines is 1. The molecule has 17 heavy (non-hydrogen) atoms. The van der Waals surface area contributed by atoms with Crippen molar-refractivity contribution in [3.8, 4) is 6.07 Å². The highest BCUT2D eigenvalue weighted by Gasteiger charge is 2.12. The number of non-ortho nitro benzene ring substituents is 1. The molecule has 0 aliphatic rings. The van der Waals surface area contributed by atoms with Crippen LogP contribution in [-0.4, -0.2) is 17.4 Å². The van der Waals surface area contributed by atoms with E-state index in [1.54, 1.807) is 6.07 Å². The average Bonchev–Trinajstić information content (AvgIpc) is 2.29. The first-order valence-electron chi connectivity index (χ1n) is 4.77. The van der Waals surface area contributed by atoms with Crippen molar-refractivity contribution in [2.45, 2.75) is 6.42 Å². The summed E-state index contributed by atoms with van der Waals surface area (Å²) >= 11 is 0. The third kappa shape index (κ3) is 3.25. The number of nitrogens with zero attached hydrogens (tertiary/aromatic N) is 2. The smallest absolute Gasteiger partial charge is 0.270 e. The van der Waals surface area contributed by atoms with E-state index in [4.69, 9.17) is 11.0 Å². The van der Waals surface area contributed by atoms with Gasteiger partial charge in [0, 0.05) is 25.1 Å². The Morgan fingerprint density at radius 2 is 2.29 bits per heavy atom. The molecule has 0 aliphatic heterocycles. The number of hydrogen-bond donors (Lipinski definition) is 2. The number of nitrogens with two attached hydrogens (primary N) is 1. The first kappa shape index (κ1) is 12.6. The van der Waals surface area contributed by atoms with Crippen LogP contribution in [-0.2, 0) is 4.79 Å². The van der Waals surface area contributed by atoms with Gasteiger partial charge in [-0.25, -0.2) is 0 Å². The van der Waals surface area contributed by atoms with E-state index in [2.05, 4.69) is 5.32 Å². The fraction of sp³-hybridized carbons (Fsp3) is 0.200. The summed E-state index contributed by atoms with van der Waals surface area (Å²) in [6.07, 6.45) is 0.127. The number of hydrogen-bond acceptors (Lipinski definition) is 5. The number of nitro groups is 1. The SMILES string of the molecule is N#Cc1cc([N+](=O)[O-])ccc1NC(=O)CCN. The van der Waals surface area contributed by atoms with Gasteiger partial charge in [-0.05, 0) is 6.07 Å². The van der Waals surface area contributed by atoms with Crippen molar-refractivity contribution in [3.63, 3.8) is 0 Å². The zero-order valence-electron chi connectivity index (χ0n) is 8.84. The predicted octanol–water partition coefficient (Wildman–Crippen LogP) is 0.754. The molecule has 0 unspecified atom stereocenters. The van der Waals surface area contributed by atoms with Crippen LogP contribution in [0.2, 0.25) is 0 Å². The molecule has 0 aliphatic carbocycles. The summed E-state index contributed by atoms with van der Waals surface area (Å²) in [5.41, 5.74) is 5.30. The second-order valence-electron chi connectivity index (χ2n) is 3.19. The van der Waals surface area contributed by atoms with Crippen molar-refractivity contribution in [3.05, 3.63) is 33.9 Å². The zero-order valence-corrected chi connectivity index (χ0v) is 8.84. The Labute approximate surface area is 97.0 Å². The number of nitro benzene ring substituents is 1. The molecular formula is C10H10N4O3. The Morgan fingerprint density at radius 1 is 1.59 bits per heavy atom. The van der Waals surface area contributed by atoms with E-state index in [-0.39, 0.29) is 35.8 Å². The maximum Gasteiger partial charge on any atom is 0.270 e. The quantitative estimate of drug-likeness (QED) is 0.588. The van der Waals surface area contributed by atoms with Crippen molar-refractivity contribution in [1.29, 1.82) is 5.26 Å². The number of carbonyl (C=O) groups excluding carboxylic acids is 1. The highest BCUT2D eigenvalue weighted by molar-refractivity contribution is 5.92. The first-order chi connectivity index (χ1) is 8.08. The molecule has 1 amide bonds. The van der Waals surface area contributed by atoms with Gasteiger partial charge in [-0.2, -0.15) is 5.26 Å². The Morgan fingerprint density at radius 3 is 2.82 bits per heavy atom. The lowest BCUT2D eigenvalue weighted by atomic mass is 10.1. The van der Waals surface area contributed by atoms with Crippen LogP contribution in [0.5, 0.6) is 0 Å². The average molecular weight is 234 g/mol. The Hall–Kier alpha value is -2.46. The molecule has 1 aromatic carbocycles. The summed E-state index contributed by atoms with van der Waals surface area (Å²) < 4.78 is 0. The van der Waals surface area contributed by atoms with Crippen molar-refractivity contribution < 1.29 is 9.72 Å². The fourth-order valence-corrected chi connectivity index (χ4v) is 1.19. The molecule has 0 saturated heterocycles. The van der Waals surface area contributed by atoms with E-state index >= 15 is 0 Å². The van der Waals surface area contributed by atoms with Crippen molar-refractivity contribution in [2.24, 2.45) is 5.73 Å². The minimum absolute atomic E-state index is 0.0459.